The molecule has 8 heteroatoms. The number of hydrogen-bond donors (Lipinski definition) is 2. The number of halogens is 1. The van der Waals surface area contributed by atoms with Crippen molar-refractivity contribution in [2.24, 2.45) is 0 Å². The highest BCUT2D eigenvalue weighted by Crippen LogP contribution is 2.42. The van der Waals surface area contributed by atoms with E-state index in [1.54, 1.807) is 6.07 Å². The lowest BCUT2D eigenvalue weighted by Crippen LogP contribution is -2.23. The summed E-state index contributed by atoms with van der Waals surface area (Å²) in [6, 6.07) is 13.3. The van der Waals surface area contributed by atoms with Gasteiger partial charge in [-0.3, -0.25) is 0 Å². The smallest absolute Gasteiger partial charge is 0.336 e. The molecule has 0 atom stereocenters. The zero-order valence-corrected chi connectivity index (χ0v) is 19.3. The zero-order chi connectivity index (χ0) is 24.0. The molecule has 0 fully saturated rings. The van der Waals surface area contributed by atoms with Gasteiger partial charge in [0.05, 0.1) is 17.2 Å². The highest BCUT2D eigenvalue weighted by Gasteiger charge is 2.24. The first-order valence-corrected chi connectivity index (χ1v) is 10.4. The fourth-order valence-electron chi connectivity index (χ4n) is 3.87. The van der Waals surface area contributed by atoms with Crippen molar-refractivity contribution in [3.8, 4) is 22.5 Å². The molecular formula is C25H22ClN2O5+. The van der Waals surface area contributed by atoms with Crippen LogP contribution in [-0.2, 0) is 0 Å². The van der Waals surface area contributed by atoms with Crippen LogP contribution in [-0.4, -0.2) is 50.3 Å². The van der Waals surface area contributed by atoms with Crippen molar-refractivity contribution >= 4 is 40.2 Å². The predicted molar refractivity (Wildman–Crippen MR) is 129 cm³/mol. The molecule has 33 heavy (non-hydrogen) atoms. The lowest BCUT2D eigenvalue weighted by molar-refractivity contribution is 0.0696. The second-order valence-electron chi connectivity index (χ2n) is 8.12. The number of rotatable bonds is 4. The predicted octanol–water partition coefficient (Wildman–Crippen LogP) is 4.35. The van der Waals surface area contributed by atoms with Crippen molar-refractivity contribution in [3.63, 3.8) is 0 Å². The molecule has 0 spiro atoms. The highest BCUT2D eigenvalue weighted by molar-refractivity contribution is 6.31. The summed E-state index contributed by atoms with van der Waals surface area (Å²) in [7, 11) is 7.57. The van der Waals surface area contributed by atoms with Crippen molar-refractivity contribution < 1.29 is 24.2 Å². The molecule has 1 aliphatic heterocycles. The van der Waals surface area contributed by atoms with Gasteiger partial charge in [-0.15, -0.1) is 0 Å². The normalized spacial score (nSPS) is 11.1. The minimum absolute atomic E-state index is 0.104. The SMILES string of the molecule is CN(C)c1ccc2c(-c3ccc(C(=O)O)cc3C(=O)O)c3cc(Cl)c(=[N+](C)C)cc-3oc2c1. The van der Waals surface area contributed by atoms with E-state index in [4.69, 9.17) is 16.0 Å². The van der Waals surface area contributed by atoms with E-state index in [2.05, 4.69) is 0 Å². The van der Waals surface area contributed by atoms with Crippen LogP contribution in [0.4, 0.5) is 5.69 Å². The van der Waals surface area contributed by atoms with Crippen LogP contribution < -0.4 is 14.8 Å². The van der Waals surface area contributed by atoms with E-state index < -0.39 is 11.9 Å². The van der Waals surface area contributed by atoms with E-state index in [1.165, 1.54) is 18.2 Å². The molecular weight excluding hydrogens is 444 g/mol. The zero-order valence-electron chi connectivity index (χ0n) is 18.5. The Kier molecular flexibility index (Phi) is 5.59. The van der Waals surface area contributed by atoms with Gasteiger partial charge in [-0.05, 0) is 35.9 Å². The van der Waals surface area contributed by atoms with Gasteiger partial charge in [0.15, 0.2) is 0 Å². The quantitative estimate of drug-likeness (QED) is 0.343. The molecule has 0 unspecified atom stereocenters. The highest BCUT2D eigenvalue weighted by atomic mass is 35.5. The van der Waals surface area contributed by atoms with Crippen LogP contribution in [0.15, 0.2) is 52.9 Å². The Morgan fingerprint density at radius 1 is 0.939 bits per heavy atom. The Hall–Kier alpha value is -3.84. The number of benzene rings is 3. The maximum absolute atomic E-state index is 12.1. The first kappa shape index (κ1) is 22.4. The molecule has 0 amide bonds. The van der Waals surface area contributed by atoms with Crippen molar-refractivity contribution in [1.29, 1.82) is 0 Å². The summed E-state index contributed by atoms with van der Waals surface area (Å²) in [5, 5.41) is 21.2. The fraction of sp³-hybridized carbons (Fsp3) is 0.160. The van der Waals surface area contributed by atoms with Gasteiger partial charge in [-0.2, -0.15) is 0 Å². The molecule has 168 valence electrons. The monoisotopic (exact) mass is 465 g/mol. The molecule has 2 aromatic rings. The lowest BCUT2D eigenvalue weighted by Gasteiger charge is -2.19. The van der Waals surface area contributed by atoms with Gasteiger partial charge in [0.2, 0.25) is 5.36 Å². The summed E-state index contributed by atoms with van der Waals surface area (Å²) >= 11 is 6.56. The number of carbonyl (C=O) groups is 2. The fourth-order valence-corrected chi connectivity index (χ4v) is 4.20. The summed E-state index contributed by atoms with van der Waals surface area (Å²) in [5.74, 6) is -1.90. The number of nitrogens with zero attached hydrogens (tertiary/aromatic N) is 2. The molecule has 0 saturated heterocycles. The first-order valence-electron chi connectivity index (χ1n) is 10.1. The molecule has 4 rings (SSSR count). The van der Waals surface area contributed by atoms with Crippen LogP contribution in [0.2, 0.25) is 5.02 Å². The molecule has 7 nitrogen and oxygen atoms in total. The Morgan fingerprint density at radius 3 is 2.27 bits per heavy atom. The van der Waals surface area contributed by atoms with Crippen molar-refractivity contribution in [3.05, 3.63) is 70.0 Å². The van der Waals surface area contributed by atoms with Crippen LogP contribution in [0.25, 0.3) is 33.4 Å². The van der Waals surface area contributed by atoms with E-state index in [1.807, 2.05) is 61.9 Å². The molecule has 0 radical (unpaired) electrons. The van der Waals surface area contributed by atoms with E-state index in [-0.39, 0.29) is 11.1 Å². The second kappa shape index (κ2) is 8.26. The standard InChI is InChI=1S/C25H21ClN2O5/c1-27(2)14-6-8-16-21(10-14)33-22-12-20(28(3)4)19(26)11-18(22)23(16)15-7-5-13(24(29)30)9-17(15)25(31)32/h5-12H,1-4H3,(H-,29,30,31,32)/p+1. The molecule has 1 aliphatic carbocycles. The van der Waals surface area contributed by atoms with E-state index >= 15 is 0 Å². The molecule has 2 aliphatic rings. The second-order valence-corrected chi connectivity index (χ2v) is 8.52. The van der Waals surface area contributed by atoms with E-state index in [0.717, 1.165) is 11.0 Å². The Morgan fingerprint density at radius 2 is 1.67 bits per heavy atom. The molecule has 2 aromatic carbocycles. The van der Waals surface area contributed by atoms with Gasteiger partial charge in [0, 0.05) is 42.4 Å². The number of carboxylic acid groups (broad SMARTS) is 2. The maximum Gasteiger partial charge on any atom is 0.336 e. The average molecular weight is 466 g/mol. The molecule has 1 heterocycles. The minimum Gasteiger partial charge on any atom is -0.478 e. The van der Waals surface area contributed by atoms with Crippen molar-refractivity contribution in [2.75, 3.05) is 33.1 Å². The third-order valence-electron chi connectivity index (χ3n) is 5.54. The molecule has 0 saturated carbocycles. The van der Waals surface area contributed by atoms with Crippen LogP contribution >= 0.6 is 11.6 Å². The third-order valence-corrected chi connectivity index (χ3v) is 5.84. The number of fused-ring (bicyclic) bond motifs is 2. The van der Waals surface area contributed by atoms with Crippen LogP contribution in [0.1, 0.15) is 20.7 Å². The van der Waals surface area contributed by atoms with Gasteiger partial charge in [0.25, 0.3) is 0 Å². The maximum atomic E-state index is 12.1. The van der Waals surface area contributed by atoms with Crippen LogP contribution in [0.5, 0.6) is 0 Å². The largest absolute Gasteiger partial charge is 0.478 e. The number of hydrogen-bond acceptors (Lipinski definition) is 4. The van der Waals surface area contributed by atoms with Gasteiger partial charge in [-0.1, -0.05) is 17.7 Å². The first-order chi connectivity index (χ1) is 15.6. The Labute approximate surface area is 194 Å². The lowest BCUT2D eigenvalue weighted by atomic mass is 9.89. The Bertz CT molecular complexity index is 1480. The molecule has 0 bridgehead atoms. The molecule has 2 N–H and O–H groups in total. The average Bonchev–Trinajstić information content (AvgIpc) is 2.76. The summed E-state index contributed by atoms with van der Waals surface area (Å²) in [6.07, 6.45) is 0. The third kappa shape index (κ3) is 3.91. The van der Waals surface area contributed by atoms with Crippen molar-refractivity contribution in [2.45, 2.75) is 0 Å². The number of aromatic carboxylic acids is 2. The Balaban J connectivity index is 2.21. The van der Waals surface area contributed by atoms with Crippen LogP contribution in [0, 0.1) is 0 Å². The summed E-state index contributed by atoms with van der Waals surface area (Å²) in [4.78, 5) is 25.5. The number of anilines is 1. The number of carboxylic acids is 2. The van der Waals surface area contributed by atoms with Gasteiger partial charge >= 0.3 is 11.9 Å². The molecule has 0 aromatic heterocycles. The van der Waals surface area contributed by atoms with E-state index in [9.17, 15) is 19.8 Å². The van der Waals surface area contributed by atoms with Crippen LogP contribution in [0.3, 0.4) is 0 Å². The summed E-state index contributed by atoms with van der Waals surface area (Å²) in [6.45, 7) is 0. The van der Waals surface area contributed by atoms with Crippen molar-refractivity contribution in [1.82, 2.24) is 4.58 Å². The van der Waals surface area contributed by atoms with Gasteiger partial charge < -0.3 is 19.5 Å². The topological polar surface area (TPSA) is 94.0 Å². The minimum atomic E-state index is -1.23. The van der Waals surface area contributed by atoms with Gasteiger partial charge in [0.1, 0.15) is 30.5 Å². The van der Waals surface area contributed by atoms with Gasteiger partial charge in [-0.25, -0.2) is 14.2 Å². The summed E-state index contributed by atoms with van der Waals surface area (Å²) < 4.78 is 8.12. The van der Waals surface area contributed by atoms with E-state index in [0.29, 0.717) is 38.4 Å². The summed E-state index contributed by atoms with van der Waals surface area (Å²) in [5.41, 5.74) is 2.87.